The van der Waals surface area contributed by atoms with Crippen molar-refractivity contribution in [2.24, 2.45) is 0 Å². The molecular formula is C18H19N5S. The van der Waals surface area contributed by atoms with Crippen LogP contribution < -0.4 is 10.2 Å². The molecule has 5 rings (SSSR count). The summed E-state index contributed by atoms with van der Waals surface area (Å²) in [5, 5.41) is 6.99. The molecule has 4 heterocycles. The van der Waals surface area contributed by atoms with Crippen LogP contribution >= 0.6 is 11.3 Å². The van der Waals surface area contributed by atoms with E-state index in [-0.39, 0.29) is 0 Å². The Morgan fingerprint density at radius 1 is 1.08 bits per heavy atom. The van der Waals surface area contributed by atoms with E-state index in [0.29, 0.717) is 12.0 Å². The van der Waals surface area contributed by atoms with Gasteiger partial charge in [-0.1, -0.05) is 0 Å². The van der Waals surface area contributed by atoms with Crippen LogP contribution in [0, 0.1) is 0 Å². The number of pyridine rings is 1. The van der Waals surface area contributed by atoms with Crippen LogP contribution in [0.5, 0.6) is 0 Å². The highest BCUT2D eigenvalue weighted by molar-refractivity contribution is 7.17. The summed E-state index contributed by atoms with van der Waals surface area (Å²) in [6.07, 6.45) is 7.36. The van der Waals surface area contributed by atoms with Crippen molar-refractivity contribution in [3.05, 3.63) is 41.8 Å². The smallest absolute Gasteiger partial charge is 0.137 e. The maximum absolute atomic E-state index is 4.68. The van der Waals surface area contributed by atoms with Crippen LogP contribution in [-0.2, 0) is 0 Å². The number of anilines is 2. The molecule has 6 heteroatoms. The third kappa shape index (κ3) is 2.60. The van der Waals surface area contributed by atoms with E-state index in [2.05, 4.69) is 42.7 Å². The maximum atomic E-state index is 4.68. The SMILES string of the molecule is c1cc(NC2CCN(c3nccc4sccc34)C2)nc(C2CC2)n1. The van der Waals surface area contributed by atoms with Crippen LogP contribution in [0.15, 0.2) is 36.0 Å². The Hall–Kier alpha value is -2.21. The largest absolute Gasteiger partial charge is 0.365 e. The Balaban J connectivity index is 1.32. The second-order valence-corrected chi connectivity index (χ2v) is 7.56. The predicted octanol–water partition coefficient (Wildman–Crippen LogP) is 3.65. The predicted molar refractivity (Wildman–Crippen MR) is 97.9 cm³/mol. The molecule has 1 unspecified atom stereocenters. The fourth-order valence-electron chi connectivity index (χ4n) is 3.40. The number of rotatable bonds is 4. The number of hydrogen-bond acceptors (Lipinski definition) is 6. The third-order valence-electron chi connectivity index (χ3n) is 4.82. The van der Waals surface area contributed by atoms with Crippen molar-refractivity contribution in [2.45, 2.75) is 31.2 Å². The first-order valence-corrected chi connectivity index (χ1v) is 9.41. The number of thiophene rings is 1. The summed E-state index contributed by atoms with van der Waals surface area (Å²) in [6.45, 7) is 1.99. The van der Waals surface area contributed by atoms with Crippen molar-refractivity contribution < 1.29 is 0 Å². The lowest BCUT2D eigenvalue weighted by Crippen LogP contribution is -2.27. The molecule has 1 aliphatic heterocycles. The van der Waals surface area contributed by atoms with E-state index in [0.717, 1.165) is 37.0 Å². The fraction of sp³-hybridized carbons (Fsp3) is 0.389. The van der Waals surface area contributed by atoms with Crippen molar-refractivity contribution in [1.82, 2.24) is 15.0 Å². The van der Waals surface area contributed by atoms with E-state index in [9.17, 15) is 0 Å². The van der Waals surface area contributed by atoms with E-state index in [1.165, 1.54) is 22.9 Å². The van der Waals surface area contributed by atoms with Crippen LogP contribution in [0.25, 0.3) is 10.1 Å². The Kier molecular flexibility index (Phi) is 3.36. The van der Waals surface area contributed by atoms with Gasteiger partial charge in [0.2, 0.25) is 0 Å². The molecule has 1 saturated heterocycles. The highest BCUT2D eigenvalue weighted by Gasteiger charge is 2.28. The lowest BCUT2D eigenvalue weighted by molar-refractivity contribution is 0.793. The summed E-state index contributed by atoms with van der Waals surface area (Å²) >= 11 is 1.77. The quantitative estimate of drug-likeness (QED) is 0.787. The van der Waals surface area contributed by atoms with Crippen LogP contribution in [0.1, 0.15) is 31.0 Å². The standard InChI is InChI=1S/C18H19N5S/c1-2-12(1)17-19-8-4-16(22-17)21-13-5-9-23(11-13)18-14-6-10-24-15(14)3-7-20-18/h3-4,6-8,10,12-13H,1-2,5,9,11H2,(H,19,21,22). The average molecular weight is 337 g/mol. The Morgan fingerprint density at radius 3 is 2.92 bits per heavy atom. The molecule has 24 heavy (non-hydrogen) atoms. The molecule has 1 N–H and O–H groups in total. The van der Waals surface area contributed by atoms with Crippen molar-refractivity contribution in [1.29, 1.82) is 0 Å². The fourth-order valence-corrected chi connectivity index (χ4v) is 4.18. The first kappa shape index (κ1) is 14.2. The van der Waals surface area contributed by atoms with Crippen LogP contribution in [-0.4, -0.2) is 34.1 Å². The molecule has 3 aromatic heterocycles. The normalized spacial score (nSPS) is 20.7. The van der Waals surface area contributed by atoms with Gasteiger partial charge in [0, 0.05) is 47.5 Å². The van der Waals surface area contributed by atoms with Crippen molar-refractivity contribution >= 4 is 33.1 Å². The monoisotopic (exact) mass is 337 g/mol. The second-order valence-electron chi connectivity index (χ2n) is 6.62. The Bertz CT molecular complexity index is 872. The Labute approximate surface area is 144 Å². The number of hydrogen-bond donors (Lipinski definition) is 1. The minimum absolute atomic E-state index is 0.405. The summed E-state index contributed by atoms with van der Waals surface area (Å²) in [7, 11) is 0. The van der Waals surface area contributed by atoms with Gasteiger partial charge in [-0.2, -0.15) is 0 Å². The van der Waals surface area contributed by atoms with Crippen molar-refractivity contribution in [2.75, 3.05) is 23.3 Å². The van der Waals surface area contributed by atoms with Gasteiger partial charge < -0.3 is 10.2 Å². The summed E-state index contributed by atoms with van der Waals surface area (Å²) in [6, 6.07) is 6.65. The molecule has 0 amide bonds. The van der Waals surface area contributed by atoms with Crippen molar-refractivity contribution in [3.8, 4) is 0 Å². The van der Waals surface area contributed by atoms with Crippen LogP contribution in [0.4, 0.5) is 11.6 Å². The first-order valence-electron chi connectivity index (χ1n) is 8.53. The summed E-state index contributed by atoms with van der Waals surface area (Å²) < 4.78 is 1.31. The highest BCUT2D eigenvalue weighted by Crippen LogP contribution is 2.38. The van der Waals surface area contributed by atoms with Gasteiger partial charge in [0.05, 0.1) is 0 Å². The summed E-state index contributed by atoms with van der Waals surface area (Å²) in [4.78, 5) is 16.1. The molecule has 0 radical (unpaired) electrons. The minimum Gasteiger partial charge on any atom is -0.365 e. The summed E-state index contributed by atoms with van der Waals surface area (Å²) in [5.41, 5.74) is 0. The average Bonchev–Trinajstić information content (AvgIpc) is 3.17. The van der Waals surface area contributed by atoms with Crippen LogP contribution in [0.3, 0.4) is 0 Å². The first-order chi connectivity index (χ1) is 11.9. The van der Waals surface area contributed by atoms with E-state index >= 15 is 0 Å². The lowest BCUT2D eigenvalue weighted by Gasteiger charge is -2.19. The molecule has 2 fully saturated rings. The number of fused-ring (bicyclic) bond motifs is 1. The molecule has 5 nitrogen and oxygen atoms in total. The van der Waals surface area contributed by atoms with Crippen molar-refractivity contribution in [3.63, 3.8) is 0 Å². The van der Waals surface area contributed by atoms with E-state index in [1.54, 1.807) is 11.3 Å². The van der Waals surface area contributed by atoms with E-state index in [4.69, 9.17) is 0 Å². The molecule has 1 saturated carbocycles. The lowest BCUT2D eigenvalue weighted by atomic mass is 10.2. The van der Waals surface area contributed by atoms with Crippen LogP contribution in [0.2, 0.25) is 0 Å². The maximum Gasteiger partial charge on any atom is 0.137 e. The van der Waals surface area contributed by atoms with E-state index in [1.807, 2.05) is 18.5 Å². The molecule has 0 bridgehead atoms. The van der Waals surface area contributed by atoms with Gasteiger partial charge in [0.1, 0.15) is 17.5 Å². The number of nitrogens with zero attached hydrogens (tertiary/aromatic N) is 4. The van der Waals surface area contributed by atoms with Gasteiger partial charge in [0.25, 0.3) is 0 Å². The van der Waals surface area contributed by atoms with Gasteiger partial charge in [0.15, 0.2) is 0 Å². The zero-order valence-electron chi connectivity index (χ0n) is 13.4. The van der Waals surface area contributed by atoms with Gasteiger partial charge in [-0.25, -0.2) is 15.0 Å². The molecule has 1 atom stereocenters. The minimum atomic E-state index is 0.405. The van der Waals surface area contributed by atoms with Gasteiger partial charge in [-0.15, -0.1) is 11.3 Å². The second kappa shape index (κ2) is 5.70. The molecule has 122 valence electrons. The highest BCUT2D eigenvalue weighted by atomic mass is 32.1. The van der Waals surface area contributed by atoms with Gasteiger partial charge >= 0.3 is 0 Å². The third-order valence-corrected chi connectivity index (χ3v) is 5.70. The van der Waals surface area contributed by atoms with E-state index < -0.39 is 0 Å². The molecule has 2 aliphatic rings. The van der Waals surface area contributed by atoms with Gasteiger partial charge in [-0.3, -0.25) is 0 Å². The molecule has 0 spiro atoms. The zero-order valence-corrected chi connectivity index (χ0v) is 14.2. The summed E-state index contributed by atoms with van der Waals surface area (Å²) in [5.74, 6) is 3.66. The topological polar surface area (TPSA) is 53.9 Å². The van der Waals surface area contributed by atoms with Gasteiger partial charge in [-0.05, 0) is 42.8 Å². The molecule has 0 aromatic carbocycles. The number of aromatic nitrogens is 3. The molecular weight excluding hydrogens is 318 g/mol. The number of nitrogens with one attached hydrogen (secondary N) is 1. The molecule has 1 aliphatic carbocycles. The molecule has 3 aromatic rings. The zero-order chi connectivity index (χ0) is 15.9. The Morgan fingerprint density at radius 2 is 2.00 bits per heavy atom.